The first-order chi connectivity index (χ1) is 15.4. The van der Waals surface area contributed by atoms with E-state index in [9.17, 15) is 9.59 Å². The second kappa shape index (κ2) is 10.7. The lowest BCUT2D eigenvalue weighted by Crippen LogP contribution is -2.39. The second-order valence-corrected chi connectivity index (χ2v) is 8.73. The van der Waals surface area contributed by atoms with Gasteiger partial charge in [0.05, 0.1) is 19.8 Å². The van der Waals surface area contributed by atoms with E-state index < -0.39 is 5.97 Å². The fourth-order valence-electron chi connectivity index (χ4n) is 4.32. The highest BCUT2D eigenvalue weighted by molar-refractivity contribution is 6.23. The maximum atomic E-state index is 13.0. The average molecular weight is 442 g/mol. The molecule has 6 heteroatoms. The van der Waals surface area contributed by atoms with E-state index in [4.69, 9.17) is 14.2 Å². The molecule has 1 N–H and O–H groups in total. The van der Waals surface area contributed by atoms with Gasteiger partial charge in [0.15, 0.2) is 17.3 Å². The molecule has 1 unspecified atom stereocenters. The summed E-state index contributed by atoms with van der Waals surface area (Å²) in [6.07, 6.45) is 8.56. The Morgan fingerprint density at radius 2 is 1.91 bits per heavy atom. The zero-order valence-electron chi connectivity index (χ0n) is 19.8. The predicted octanol–water partition coefficient (Wildman–Crippen LogP) is 4.61. The summed E-state index contributed by atoms with van der Waals surface area (Å²) in [5, 5.41) is 3.50. The van der Waals surface area contributed by atoms with Crippen molar-refractivity contribution in [3.8, 4) is 11.5 Å². The van der Waals surface area contributed by atoms with Crippen molar-refractivity contribution < 1.29 is 23.8 Å². The molecule has 1 aliphatic heterocycles. The van der Waals surface area contributed by atoms with Gasteiger partial charge in [-0.2, -0.15) is 0 Å². The van der Waals surface area contributed by atoms with E-state index in [1.165, 1.54) is 25.0 Å². The number of hydrogen-bond donors (Lipinski definition) is 1. The first-order valence-electron chi connectivity index (χ1n) is 11.6. The van der Waals surface area contributed by atoms with Crippen molar-refractivity contribution in [2.75, 3.05) is 13.7 Å². The summed E-state index contributed by atoms with van der Waals surface area (Å²) in [6.45, 7) is 7.90. The molecule has 1 fully saturated rings. The molecule has 0 saturated heterocycles. The quantitative estimate of drug-likeness (QED) is 0.275. The molecule has 1 heterocycles. The SMILES string of the molecule is C/C=C(\C(=O)/C=C1\NC(C(C)C)Cc2cc(OC3CCCC3)c(OC)cc21)C(=O)OCC. The van der Waals surface area contributed by atoms with Crippen LogP contribution in [-0.4, -0.2) is 37.6 Å². The fraction of sp³-hybridized carbons (Fsp3) is 0.538. The van der Waals surface area contributed by atoms with Crippen LogP contribution in [0.4, 0.5) is 0 Å². The van der Waals surface area contributed by atoms with E-state index in [-0.39, 0.29) is 30.1 Å². The molecule has 1 aliphatic carbocycles. The molecule has 0 bridgehead atoms. The molecule has 0 amide bonds. The molecular weight excluding hydrogens is 406 g/mol. The summed E-state index contributed by atoms with van der Waals surface area (Å²) in [5.74, 6) is 0.777. The van der Waals surface area contributed by atoms with Crippen LogP contribution in [0.15, 0.2) is 29.9 Å². The number of carbonyl (C=O) groups is 2. The third-order valence-corrected chi connectivity index (χ3v) is 6.19. The number of hydrogen-bond acceptors (Lipinski definition) is 6. The van der Waals surface area contributed by atoms with Crippen LogP contribution >= 0.6 is 0 Å². The van der Waals surface area contributed by atoms with Crippen LogP contribution in [0.1, 0.15) is 64.5 Å². The number of methoxy groups -OCH3 is 1. The number of fused-ring (bicyclic) bond motifs is 1. The van der Waals surface area contributed by atoms with E-state index >= 15 is 0 Å². The minimum atomic E-state index is -0.605. The molecule has 32 heavy (non-hydrogen) atoms. The van der Waals surface area contributed by atoms with Gasteiger partial charge >= 0.3 is 5.97 Å². The topological polar surface area (TPSA) is 73.9 Å². The highest BCUT2D eigenvalue weighted by Crippen LogP contribution is 2.38. The van der Waals surface area contributed by atoms with Crippen molar-refractivity contribution in [2.24, 2.45) is 5.92 Å². The molecule has 0 radical (unpaired) electrons. The predicted molar refractivity (Wildman–Crippen MR) is 125 cm³/mol. The molecule has 174 valence electrons. The highest BCUT2D eigenvalue weighted by Gasteiger charge is 2.28. The van der Waals surface area contributed by atoms with Crippen molar-refractivity contribution >= 4 is 17.4 Å². The summed E-state index contributed by atoms with van der Waals surface area (Å²) in [5.41, 5.74) is 2.71. The Balaban J connectivity index is 2.00. The lowest BCUT2D eigenvalue weighted by atomic mass is 9.87. The normalized spacial score (nSPS) is 20.1. The number of carbonyl (C=O) groups excluding carboxylic acids is 2. The van der Waals surface area contributed by atoms with Crippen molar-refractivity contribution in [2.45, 2.75) is 71.9 Å². The molecule has 2 aliphatic rings. The van der Waals surface area contributed by atoms with Crippen LogP contribution in [0, 0.1) is 5.92 Å². The Morgan fingerprint density at radius 1 is 1.19 bits per heavy atom. The third kappa shape index (κ3) is 5.34. The van der Waals surface area contributed by atoms with Gasteiger partial charge in [0.1, 0.15) is 5.57 Å². The van der Waals surface area contributed by atoms with Crippen LogP contribution in [-0.2, 0) is 20.7 Å². The molecule has 1 aromatic carbocycles. The molecule has 1 atom stereocenters. The van der Waals surface area contributed by atoms with Crippen LogP contribution < -0.4 is 14.8 Å². The van der Waals surface area contributed by atoms with E-state index in [0.717, 1.165) is 36.1 Å². The average Bonchev–Trinajstić information content (AvgIpc) is 3.27. The van der Waals surface area contributed by atoms with Crippen LogP contribution in [0.3, 0.4) is 0 Å². The molecule has 0 spiro atoms. The fourth-order valence-corrected chi connectivity index (χ4v) is 4.32. The standard InChI is InChI=1S/C26H35NO5/c1-6-19(26(29)31-7-2)23(28)15-22-20-14-24(30-5)25(32-18-10-8-9-11-18)13-17(20)12-21(27-22)16(3)4/h6,13-16,18,21,27H,7-12H2,1-5H3/b19-6+,22-15-. The molecule has 1 aromatic rings. The lowest BCUT2D eigenvalue weighted by Gasteiger charge is -2.33. The van der Waals surface area contributed by atoms with Gasteiger partial charge in [-0.3, -0.25) is 4.79 Å². The minimum Gasteiger partial charge on any atom is -0.493 e. The molecule has 0 aromatic heterocycles. The smallest absolute Gasteiger partial charge is 0.341 e. The first kappa shape index (κ1) is 23.9. The number of esters is 1. The minimum absolute atomic E-state index is 0.0301. The van der Waals surface area contributed by atoms with Gasteiger partial charge in [-0.1, -0.05) is 19.9 Å². The van der Waals surface area contributed by atoms with Gasteiger partial charge in [0, 0.05) is 23.4 Å². The highest BCUT2D eigenvalue weighted by atomic mass is 16.5. The third-order valence-electron chi connectivity index (χ3n) is 6.19. The Bertz CT molecular complexity index is 909. The molecule has 1 saturated carbocycles. The monoisotopic (exact) mass is 441 g/mol. The Labute approximate surface area is 191 Å². The number of ketones is 1. The van der Waals surface area contributed by atoms with Gasteiger partial charge in [0.2, 0.25) is 0 Å². The summed E-state index contributed by atoms with van der Waals surface area (Å²) in [7, 11) is 1.63. The van der Waals surface area contributed by atoms with Gasteiger partial charge in [-0.05, 0) is 69.6 Å². The van der Waals surface area contributed by atoms with E-state index in [2.05, 4.69) is 25.2 Å². The van der Waals surface area contributed by atoms with Crippen LogP contribution in [0.25, 0.3) is 5.70 Å². The number of nitrogens with one attached hydrogen (secondary N) is 1. The Hall–Kier alpha value is -2.76. The van der Waals surface area contributed by atoms with Crippen molar-refractivity contribution in [1.29, 1.82) is 0 Å². The second-order valence-electron chi connectivity index (χ2n) is 8.73. The van der Waals surface area contributed by atoms with Gasteiger partial charge in [0.25, 0.3) is 0 Å². The summed E-state index contributed by atoms with van der Waals surface area (Å²) in [6, 6.07) is 4.15. The van der Waals surface area contributed by atoms with Gasteiger partial charge < -0.3 is 19.5 Å². The molecule has 6 nitrogen and oxygen atoms in total. The van der Waals surface area contributed by atoms with Gasteiger partial charge in [-0.25, -0.2) is 4.79 Å². The van der Waals surface area contributed by atoms with Gasteiger partial charge in [-0.15, -0.1) is 0 Å². The van der Waals surface area contributed by atoms with E-state index in [0.29, 0.717) is 17.4 Å². The Morgan fingerprint density at radius 3 is 2.50 bits per heavy atom. The lowest BCUT2D eigenvalue weighted by molar-refractivity contribution is -0.139. The summed E-state index contributed by atoms with van der Waals surface area (Å²) in [4.78, 5) is 25.1. The Kier molecular flexibility index (Phi) is 7.99. The van der Waals surface area contributed by atoms with Crippen molar-refractivity contribution in [1.82, 2.24) is 5.32 Å². The summed E-state index contributed by atoms with van der Waals surface area (Å²) < 4.78 is 17.0. The number of rotatable bonds is 8. The summed E-state index contributed by atoms with van der Waals surface area (Å²) >= 11 is 0. The van der Waals surface area contributed by atoms with Crippen molar-refractivity contribution in [3.63, 3.8) is 0 Å². The van der Waals surface area contributed by atoms with E-state index in [1.807, 2.05) is 6.07 Å². The number of benzene rings is 1. The largest absolute Gasteiger partial charge is 0.493 e. The first-order valence-corrected chi connectivity index (χ1v) is 11.6. The van der Waals surface area contributed by atoms with Crippen LogP contribution in [0.2, 0.25) is 0 Å². The molecule has 3 rings (SSSR count). The zero-order chi connectivity index (χ0) is 23.3. The van der Waals surface area contributed by atoms with Crippen LogP contribution in [0.5, 0.6) is 11.5 Å². The number of ether oxygens (including phenoxy) is 3. The maximum Gasteiger partial charge on any atom is 0.341 e. The number of allylic oxidation sites excluding steroid dienone is 2. The van der Waals surface area contributed by atoms with E-state index in [1.54, 1.807) is 21.0 Å². The van der Waals surface area contributed by atoms with Crippen molar-refractivity contribution in [3.05, 3.63) is 41.0 Å². The zero-order valence-corrected chi connectivity index (χ0v) is 19.8. The molecular formula is C26H35NO5. The maximum absolute atomic E-state index is 13.0.